The van der Waals surface area contributed by atoms with Crippen LogP contribution in [-0.2, 0) is 17.8 Å². The van der Waals surface area contributed by atoms with E-state index in [1.54, 1.807) is 12.1 Å². The van der Waals surface area contributed by atoms with Gasteiger partial charge >= 0.3 is 0 Å². The van der Waals surface area contributed by atoms with Crippen molar-refractivity contribution in [3.8, 4) is 0 Å². The number of fused-ring (bicyclic) bond motifs is 1. The van der Waals surface area contributed by atoms with Gasteiger partial charge in [0, 0.05) is 42.9 Å². The van der Waals surface area contributed by atoms with Gasteiger partial charge in [0.05, 0.1) is 10.7 Å². The highest BCUT2D eigenvalue weighted by Gasteiger charge is 2.14. The van der Waals surface area contributed by atoms with Crippen LogP contribution >= 0.6 is 11.8 Å². The van der Waals surface area contributed by atoms with Crippen LogP contribution in [-0.4, -0.2) is 30.2 Å². The lowest BCUT2D eigenvalue weighted by molar-refractivity contribution is -0.384. The standard InChI is InChI=1S/C19H21N3O3S/c1-21-10-2-3-15-11-14(4-9-18(15)21)12-20-19(23)13-26-17-7-5-16(6-8-17)22(24)25/h4-9,11H,2-3,10,12-13H2,1H3,(H,20,23). The summed E-state index contributed by atoms with van der Waals surface area (Å²) in [5, 5.41) is 13.6. The molecule has 0 atom stereocenters. The number of aryl methyl sites for hydroxylation is 1. The lowest BCUT2D eigenvalue weighted by Crippen LogP contribution is -2.26. The fraction of sp³-hybridized carbons (Fsp3) is 0.316. The third-order valence-electron chi connectivity index (χ3n) is 4.40. The summed E-state index contributed by atoms with van der Waals surface area (Å²) >= 11 is 1.37. The summed E-state index contributed by atoms with van der Waals surface area (Å²) in [6.07, 6.45) is 2.24. The van der Waals surface area contributed by atoms with Gasteiger partial charge < -0.3 is 10.2 Å². The first-order valence-electron chi connectivity index (χ1n) is 8.50. The molecule has 0 aliphatic carbocycles. The van der Waals surface area contributed by atoms with Gasteiger partial charge in [-0.1, -0.05) is 12.1 Å². The van der Waals surface area contributed by atoms with Gasteiger partial charge in [-0.3, -0.25) is 14.9 Å². The molecule has 0 radical (unpaired) electrons. The van der Waals surface area contributed by atoms with Crippen molar-refractivity contribution in [1.82, 2.24) is 5.32 Å². The Hall–Kier alpha value is -2.54. The Bertz CT molecular complexity index is 808. The average molecular weight is 371 g/mol. The molecule has 3 rings (SSSR count). The number of non-ortho nitro benzene ring substituents is 1. The quantitative estimate of drug-likeness (QED) is 0.479. The van der Waals surface area contributed by atoms with Gasteiger partial charge in [-0.15, -0.1) is 11.8 Å². The number of amides is 1. The largest absolute Gasteiger partial charge is 0.374 e. The van der Waals surface area contributed by atoms with Gasteiger partial charge in [0.2, 0.25) is 5.91 Å². The number of anilines is 1. The summed E-state index contributed by atoms with van der Waals surface area (Å²) in [6, 6.07) is 12.6. The van der Waals surface area contributed by atoms with Crippen LogP contribution < -0.4 is 10.2 Å². The number of nitro benzene ring substituents is 1. The van der Waals surface area contributed by atoms with Gasteiger partial charge in [0.25, 0.3) is 5.69 Å². The average Bonchev–Trinajstić information content (AvgIpc) is 2.65. The normalized spacial score (nSPS) is 13.2. The first kappa shape index (κ1) is 18.3. The smallest absolute Gasteiger partial charge is 0.269 e. The second-order valence-corrected chi connectivity index (χ2v) is 7.35. The SMILES string of the molecule is CN1CCCc2cc(CNC(=O)CSc3ccc([N+](=O)[O-])cc3)ccc21. The van der Waals surface area contributed by atoms with Crippen molar-refractivity contribution in [3.05, 3.63) is 63.7 Å². The molecule has 26 heavy (non-hydrogen) atoms. The molecule has 0 saturated heterocycles. The molecule has 2 aromatic carbocycles. The first-order valence-corrected chi connectivity index (χ1v) is 9.48. The molecular formula is C19H21N3O3S. The van der Waals surface area contributed by atoms with E-state index in [9.17, 15) is 14.9 Å². The second kappa shape index (κ2) is 8.23. The number of thioether (sulfide) groups is 1. The maximum absolute atomic E-state index is 12.1. The van der Waals surface area contributed by atoms with Crippen molar-refractivity contribution < 1.29 is 9.72 Å². The van der Waals surface area contributed by atoms with Gasteiger partial charge in [0.1, 0.15) is 0 Å². The Morgan fingerprint density at radius 2 is 2.04 bits per heavy atom. The fourth-order valence-electron chi connectivity index (χ4n) is 3.01. The van der Waals surface area contributed by atoms with Crippen LogP contribution in [0.5, 0.6) is 0 Å². The van der Waals surface area contributed by atoms with Gasteiger partial charge in [0.15, 0.2) is 0 Å². The predicted molar refractivity (Wildman–Crippen MR) is 104 cm³/mol. The molecule has 0 fully saturated rings. The Kier molecular flexibility index (Phi) is 5.78. The highest BCUT2D eigenvalue weighted by Crippen LogP contribution is 2.26. The zero-order valence-corrected chi connectivity index (χ0v) is 15.4. The van der Waals surface area contributed by atoms with Crippen LogP contribution in [0.3, 0.4) is 0 Å². The summed E-state index contributed by atoms with van der Waals surface area (Å²) < 4.78 is 0. The molecule has 1 aliphatic rings. The second-order valence-electron chi connectivity index (χ2n) is 6.30. The molecule has 0 bridgehead atoms. The lowest BCUT2D eigenvalue weighted by Gasteiger charge is -2.27. The van der Waals surface area contributed by atoms with Crippen LogP contribution in [0.4, 0.5) is 11.4 Å². The number of hydrogen-bond donors (Lipinski definition) is 1. The Labute approximate surface area is 156 Å². The summed E-state index contributed by atoms with van der Waals surface area (Å²) in [4.78, 5) is 25.4. The Morgan fingerprint density at radius 3 is 2.77 bits per heavy atom. The monoisotopic (exact) mass is 371 g/mol. The van der Waals surface area contributed by atoms with Gasteiger partial charge in [-0.25, -0.2) is 0 Å². The first-order chi connectivity index (χ1) is 12.5. The van der Waals surface area contributed by atoms with Crippen LogP contribution in [0.15, 0.2) is 47.4 Å². The Morgan fingerprint density at radius 1 is 1.27 bits per heavy atom. The highest BCUT2D eigenvalue weighted by molar-refractivity contribution is 8.00. The van der Waals surface area contributed by atoms with Crippen LogP contribution in [0.2, 0.25) is 0 Å². The number of rotatable bonds is 6. The number of nitrogens with one attached hydrogen (secondary N) is 1. The molecular weight excluding hydrogens is 350 g/mol. The number of carbonyl (C=O) groups is 1. The van der Waals surface area contributed by atoms with Crippen LogP contribution in [0.1, 0.15) is 17.5 Å². The summed E-state index contributed by atoms with van der Waals surface area (Å²) in [7, 11) is 2.11. The van der Waals surface area contributed by atoms with Crippen LogP contribution in [0, 0.1) is 10.1 Å². The van der Waals surface area contributed by atoms with Crippen molar-refractivity contribution in [1.29, 1.82) is 0 Å². The zero-order valence-electron chi connectivity index (χ0n) is 14.6. The van der Waals surface area contributed by atoms with E-state index in [-0.39, 0.29) is 17.3 Å². The van der Waals surface area contributed by atoms with E-state index in [2.05, 4.69) is 35.5 Å². The molecule has 7 heteroatoms. The maximum Gasteiger partial charge on any atom is 0.269 e. The third kappa shape index (κ3) is 4.54. The van der Waals surface area contributed by atoms with E-state index in [0.717, 1.165) is 29.8 Å². The molecule has 1 N–H and O–H groups in total. The van der Waals surface area contributed by atoms with Crippen molar-refractivity contribution in [2.45, 2.75) is 24.3 Å². The molecule has 1 amide bonds. The molecule has 2 aromatic rings. The van der Waals surface area contributed by atoms with Crippen molar-refractivity contribution in [3.63, 3.8) is 0 Å². The number of carbonyl (C=O) groups excluding carboxylic acids is 1. The topological polar surface area (TPSA) is 75.5 Å². The van der Waals surface area contributed by atoms with Crippen molar-refractivity contribution >= 4 is 29.0 Å². The van der Waals surface area contributed by atoms with Gasteiger partial charge in [-0.05, 0) is 42.2 Å². The lowest BCUT2D eigenvalue weighted by atomic mass is 9.99. The molecule has 1 aliphatic heterocycles. The Balaban J connectivity index is 1.49. The highest BCUT2D eigenvalue weighted by atomic mass is 32.2. The van der Waals surface area contributed by atoms with E-state index >= 15 is 0 Å². The van der Waals surface area contributed by atoms with E-state index in [1.165, 1.54) is 35.1 Å². The van der Waals surface area contributed by atoms with E-state index in [0.29, 0.717) is 6.54 Å². The van der Waals surface area contributed by atoms with Crippen molar-refractivity contribution in [2.24, 2.45) is 0 Å². The van der Waals surface area contributed by atoms with Crippen molar-refractivity contribution in [2.75, 3.05) is 24.2 Å². The van der Waals surface area contributed by atoms with E-state index in [1.807, 2.05) is 0 Å². The summed E-state index contributed by atoms with van der Waals surface area (Å²) in [5.41, 5.74) is 3.77. The predicted octanol–water partition coefficient (Wildman–Crippen LogP) is 3.39. The number of nitro groups is 1. The summed E-state index contributed by atoms with van der Waals surface area (Å²) in [5.74, 6) is 0.231. The minimum atomic E-state index is -0.433. The fourth-order valence-corrected chi connectivity index (χ4v) is 3.74. The third-order valence-corrected chi connectivity index (χ3v) is 5.41. The number of nitrogens with zero attached hydrogens (tertiary/aromatic N) is 2. The maximum atomic E-state index is 12.1. The minimum absolute atomic E-state index is 0.0526. The van der Waals surface area contributed by atoms with E-state index < -0.39 is 4.92 Å². The molecule has 0 unspecified atom stereocenters. The molecule has 0 aromatic heterocycles. The molecule has 1 heterocycles. The number of hydrogen-bond acceptors (Lipinski definition) is 5. The van der Waals surface area contributed by atoms with Gasteiger partial charge in [-0.2, -0.15) is 0 Å². The summed E-state index contributed by atoms with van der Waals surface area (Å²) in [6.45, 7) is 1.60. The number of benzene rings is 2. The molecule has 0 saturated carbocycles. The molecule has 136 valence electrons. The minimum Gasteiger partial charge on any atom is -0.374 e. The van der Waals surface area contributed by atoms with E-state index in [4.69, 9.17) is 0 Å². The molecule has 0 spiro atoms. The molecule has 6 nitrogen and oxygen atoms in total. The zero-order chi connectivity index (χ0) is 18.5. The van der Waals surface area contributed by atoms with Crippen LogP contribution in [0.25, 0.3) is 0 Å².